The minimum absolute atomic E-state index is 0.0211. The van der Waals surface area contributed by atoms with E-state index in [4.69, 9.17) is 24.1 Å². The molecule has 1 aliphatic carbocycles. The van der Waals surface area contributed by atoms with Gasteiger partial charge in [-0.1, -0.05) is 0 Å². The molecule has 0 aliphatic heterocycles. The van der Waals surface area contributed by atoms with Crippen molar-refractivity contribution in [2.24, 2.45) is 0 Å². The summed E-state index contributed by atoms with van der Waals surface area (Å²) in [6.07, 6.45) is 4.76. The first-order valence-electron chi connectivity index (χ1n) is 8.66. The standard InChI is InChI=1S/C15H17N5O8P2/c21-14-10(11-5-12(9-1-2-9)20-13(17-11)3-4-16-20)6-18(7-27-29(23)24)15(22)19(14)8-28-30(25)26/h3-6,9,23-26H,1-2,7-8H2. The Labute approximate surface area is 170 Å². The van der Waals surface area contributed by atoms with Crippen LogP contribution in [0.2, 0.25) is 0 Å². The van der Waals surface area contributed by atoms with Crippen molar-refractivity contribution in [3.63, 3.8) is 0 Å². The van der Waals surface area contributed by atoms with E-state index >= 15 is 0 Å². The molecule has 4 rings (SSSR count). The minimum Gasteiger partial charge on any atom is -0.328 e. The molecule has 1 aliphatic rings. The molecule has 1 fully saturated rings. The second-order valence-electron chi connectivity index (χ2n) is 6.49. The van der Waals surface area contributed by atoms with Crippen LogP contribution in [0.3, 0.4) is 0 Å². The molecule has 3 aromatic heterocycles. The maximum Gasteiger partial charge on any atom is 0.334 e. The number of hydrogen-bond acceptors (Lipinski definition) is 10. The summed E-state index contributed by atoms with van der Waals surface area (Å²) in [5.41, 5.74) is 0.0382. The molecule has 3 aromatic rings. The van der Waals surface area contributed by atoms with Gasteiger partial charge in [-0.05, 0) is 18.9 Å². The summed E-state index contributed by atoms with van der Waals surface area (Å²) in [5.74, 6) is 0.286. The summed E-state index contributed by atoms with van der Waals surface area (Å²) >= 11 is 0. The third-order valence-electron chi connectivity index (χ3n) is 4.51. The molecule has 0 saturated heterocycles. The van der Waals surface area contributed by atoms with Crippen LogP contribution in [-0.2, 0) is 22.5 Å². The average Bonchev–Trinajstić information content (AvgIpc) is 3.43. The Kier molecular flexibility index (Phi) is 6.05. The van der Waals surface area contributed by atoms with E-state index in [1.807, 2.05) is 0 Å². The molecule has 4 N–H and O–H groups in total. The van der Waals surface area contributed by atoms with Crippen molar-refractivity contribution < 1.29 is 28.6 Å². The summed E-state index contributed by atoms with van der Waals surface area (Å²) in [5, 5.41) is 4.25. The lowest BCUT2D eigenvalue weighted by Gasteiger charge is -2.14. The van der Waals surface area contributed by atoms with Crippen LogP contribution in [0.25, 0.3) is 16.9 Å². The van der Waals surface area contributed by atoms with E-state index < -0.39 is 41.9 Å². The number of hydrogen-bond donors (Lipinski definition) is 4. The molecule has 0 spiro atoms. The molecule has 0 unspecified atom stereocenters. The summed E-state index contributed by atoms with van der Waals surface area (Å²) in [4.78, 5) is 66.0. The molecule has 30 heavy (non-hydrogen) atoms. The van der Waals surface area contributed by atoms with E-state index in [2.05, 4.69) is 14.6 Å². The van der Waals surface area contributed by atoms with Crippen LogP contribution in [0.15, 0.2) is 34.1 Å². The zero-order chi connectivity index (χ0) is 21.4. The quantitative estimate of drug-likeness (QED) is 0.336. The van der Waals surface area contributed by atoms with Crippen molar-refractivity contribution in [2.75, 3.05) is 0 Å². The van der Waals surface area contributed by atoms with Crippen molar-refractivity contribution in [1.82, 2.24) is 23.7 Å². The van der Waals surface area contributed by atoms with Crippen LogP contribution in [-0.4, -0.2) is 43.3 Å². The SMILES string of the molecule is O=c1c(-c2cc(C3CC3)n3nccc3n2)cn(COP(O)O)c(=O)n1COP(O)O. The van der Waals surface area contributed by atoms with Crippen LogP contribution in [0.1, 0.15) is 24.5 Å². The van der Waals surface area contributed by atoms with Crippen LogP contribution in [0.5, 0.6) is 0 Å². The van der Waals surface area contributed by atoms with Crippen molar-refractivity contribution >= 4 is 22.9 Å². The molecule has 0 bridgehead atoms. The molecule has 160 valence electrons. The molecule has 1 saturated carbocycles. The Hall–Kier alpha value is -2.08. The van der Waals surface area contributed by atoms with Crippen molar-refractivity contribution in [3.8, 4) is 11.3 Å². The fraction of sp³-hybridized carbons (Fsp3) is 0.333. The van der Waals surface area contributed by atoms with Gasteiger partial charge in [-0.15, -0.1) is 0 Å². The highest BCUT2D eigenvalue weighted by Gasteiger charge is 2.28. The predicted octanol–water partition coefficient (Wildman–Crippen LogP) is -0.0317. The molecule has 13 nitrogen and oxygen atoms in total. The zero-order valence-corrected chi connectivity index (χ0v) is 17.1. The van der Waals surface area contributed by atoms with E-state index in [0.29, 0.717) is 10.2 Å². The zero-order valence-electron chi connectivity index (χ0n) is 15.3. The van der Waals surface area contributed by atoms with Gasteiger partial charge in [0.2, 0.25) is 0 Å². The summed E-state index contributed by atoms with van der Waals surface area (Å²) in [6, 6.07) is 3.40. The van der Waals surface area contributed by atoms with Gasteiger partial charge in [0.15, 0.2) is 5.65 Å². The first kappa shape index (κ1) is 21.2. The van der Waals surface area contributed by atoms with E-state index in [1.54, 1.807) is 22.8 Å². The topological polar surface area (TPSA) is 174 Å². The highest BCUT2D eigenvalue weighted by atomic mass is 31.2. The summed E-state index contributed by atoms with van der Waals surface area (Å²) in [7, 11) is -5.55. The molecule has 3 heterocycles. The maximum atomic E-state index is 13.0. The lowest BCUT2D eigenvalue weighted by Crippen LogP contribution is -2.41. The van der Waals surface area contributed by atoms with Crippen molar-refractivity contribution in [1.29, 1.82) is 0 Å². The Morgan fingerprint density at radius 3 is 2.47 bits per heavy atom. The minimum atomic E-state index is -2.81. The highest BCUT2D eigenvalue weighted by Crippen LogP contribution is 2.40. The number of rotatable bonds is 8. The molecule has 0 radical (unpaired) electrons. The largest absolute Gasteiger partial charge is 0.334 e. The van der Waals surface area contributed by atoms with Crippen molar-refractivity contribution in [3.05, 3.63) is 51.1 Å². The molecule has 0 amide bonds. The maximum absolute atomic E-state index is 13.0. The smallest absolute Gasteiger partial charge is 0.328 e. The van der Waals surface area contributed by atoms with Gasteiger partial charge in [-0.3, -0.25) is 18.4 Å². The lowest BCUT2D eigenvalue weighted by atomic mass is 10.1. The third-order valence-corrected chi connectivity index (χ3v) is 5.20. The Bertz CT molecular complexity index is 1190. The van der Waals surface area contributed by atoms with Gasteiger partial charge in [0.1, 0.15) is 13.5 Å². The van der Waals surface area contributed by atoms with Gasteiger partial charge in [0.05, 0.1) is 17.5 Å². The van der Waals surface area contributed by atoms with Gasteiger partial charge < -0.3 is 19.6 Å². The Morgan fingerprint density at radius 2 is 1.80 bits per heavy atom. The summed E-state index contributed by atoms with van der Waals surface area (Å²) < 4.78 is 12.6. The van der Waals surface area contributed by atoms with Crippen LogP contribution in [0, 0.1) is 0 Å². The second kappa shape index (κ2) is 8.58. The van der Waals surface area contributed by atoms with Crippen LogP contribution < -0.4 is 11.2 Å². The molecule has 0 atom stereocenters. The van der Waals surface area contributed by atoms with Gasteiger partial charge >= 0.3 is 22.9 Å². The predicted molar refractivity (Wildman–Crippen MR) is 104 cm³/mol. The van der Waals surface area contributed by atoms with E-state index in [1.165, 1.54) is 6.20 Å². The van der Waals surface area contributed by atoms with Crippen LogP contribution in [0.4, 0.5) is 0 Å². The Morgan fingerprint density at radius 1 is 1.10 bits per heavy atom. The fourth-order valence-electron chi connectivity index (χ4n) is 3.00. The molecular formula is C15H17N5O8P2. The normalized spacial score (nSPS) is 14.3. The van der Waals surface area contributed by atoms with Gasteiger partial charge in [0.25, 0.3) is 5.56 Å². The van der Waals surface area contributed by atoms with E-state index in [0.717, 1.165) is 23.1 Å². The van der Waals surface area contributed by atoms with E-state index in [9.17, 15) is 9.59 Å². The second-order valence-corrected chi connectivity index (χ2v) is 8.02. The van der Waals surface area contributed by atoms with Gasteiger partial charge in [-0.25, -0.2) is 18.9 Å². The van der Waals surface area contributed by atoms with Gasteiger partial charge in [-0.2, -0.15) is 5.10 Å². The number of nitrogens with zero attached hydrogens (tertiary/aromatic N) is 5. The molecular weight excluding hydrogens is 440 g/mol. The first-order valence-corrected chi connectivity index (χ1v) is 11.0. The summed E-state index contributed by atoms with van der Waals surface area (Å²) in [6.45, 7) is -1.27. The number of fused-ring (bicyclic) bond motifs is 1. The van der Waals surface area contributed by atoms with Gasteiger partial charge in [0, 0.05) is 23.9 Å². The van der Waals surface area contributed by atoms with E-state index in [-0.39, 0.29) is 17.2 Å². The number of aromatic nitrogens is 5. The van der Waals surface area contributed by atoms with Crippen molar-refractivity contribution in [2.45, 2.75) is 32.2 Å². The highest BCUT2D eigenvalue weighted by molar-refractivity contribution is 7.39. The first-order chi connectivity index (χ1) is 14.3. The molecule has 15 heteroatoms. The van der Waals surface area contributed by atoms with Crippen LogP contribution >= 0.6 is 17.2 Å². The Balaban J connectivity index is 1.87. The fourth-order valence-corrected chi connectivity index (χ4v) is 3.45. The monoisotopic (exact) mass is 457 g/mol. The third kappa shape index (κ3) is 4.34. The average molecular weight is 457 g/mol. The molecule has 0 aromatic carbocycles. The lowest BCUT2D eigenvalue weighted by molar-refractivity contribution is 0.171.